The van der Waals surface area contributed by atoms with E-state index in [2.05, 4.69) is 45.4 Å². The first kappa shape index (κ1) is 28.4. The standard InChI is InChI=1S/C26H27N5O2.C2HF3O2/c1-30-9-11-31(12-10-30)26(32)19-7-8-23(25(15-19)33-2)28-21-13-20(16-27-17-21)24-14-18-5-3-4-6-22(18)29-24;3-2(4,5)1(6)7/h3-8,13-17,28-29H,9-12H2,1-2H3;(H,6,7). The molecular formula is C28H28F3N5O4. The number of halogens is 3. The molecule has 9 nitrogen and oxygen atoms in total. The zero-order valence-electron chi connectivity index (χ0n) is 21.8. The SMILES string of the molecule is COc1cc(C(=O)N2CCN(C)CC2)ccc1Nc1cncc(-c2cc3ccccc3[nH]2)c1.O=C(O)C(F)(F)F. The molecule has 0 radical (unpaired) electrons. The summed E-state index contributed by atoms with van der Waals surface area (Å²) in [5.74, 6) is -2.10. The highest BCUT2D eigenvalue weighted by molar-refractivity contribution is 5.95. The van der Waals surface area contributed by atoms with E-state index in [0.717, 1.165) is 59.7 Å². The predicted octanol–water partition coefficient (Wildman–Crippen LogP) is 5.00. The smallest absolute Gasteiger partial charge is 0.490 e. The fraction of sp³-hybridized carbons (Fsp3) is 0.250. The third-order valence-corrected chi connectivity index (χ3v) is 6.34. The Morgan fingerprint density at radius 1 is 1.02 bits per heavy atom. The van der Waals surface area contributed by atoms with Crippen LogP contribution in [0.4, 0.5) is 24.5 Å². The number of pyridine rings is 1. The molecule has 1 saturated heterocycles. The Labute approximate surface area is 228 Å². The predicted molar refractivity (Wildman–Crippen MR) is 145 cm³/mol. The number of ether oxygens (including phenoxy) is 1. The molecule has 1 aliphatic heterocycles. The number of aliphatic carboxylic acids is 1. The number of carboxylic acids is 1. The van der Waals surface area contributed by atoms with Crippen molar-refractivity contribution in [2.24, 2.45) is 0 Å². The average molecular weight is 556 g/mol. The second kappa shape index (κ2) is 12.1. The van der Waals surface area contributed by atoms with Crippen LogP contribution in [0.15, 0.2) is 67.0 Å². The number of nitrogens with one attached hydrogen (secondary N) is 2. The number of carbonyl (C=O) groups is 2. The number of H-pyrrole nitrogens is 1. The number of anilines is 2. The normalized spacial score (nSPS) is 13.9. The average Bonchev–Trinajstić information content (AvgIpc) is 3.38. The Balaban J connectivity index is 0.000000470. The van der Waals surface area contributed by atoms with E-state index in [4.69, 9.17) is 14.6 Å². The fourth-order valence-corrected chi connectivity index (χ4v) is 4.16. The molecular weight excluding hydrogens is 527 g/mol. The van der Waals surface area contributed by atoms with Crippen LogP contribution >= 0.6 is 0 Å². The first-order valence-electron chi connectivity index (χ1n) is 12.3. The van der Waals surface area contributed by atoms with Crippen molar-refractivity contribution in [3.63, 3.8) is 0 Å². The van der Waals surface area contributed by atoms with E-state index in [1.54, 1.807) is 19.4 Å². The summed E-state index contributed by atoms with van der Waals surface area (Å²) in [4.78, 5) is 33.8. The van der Waals surface area contributed by atoms with Crippen molar-refractivity contribution in [2.45, 2.75) is 6.18 Å². The van der Waals surface area contributed by atoms with Crippen LogP contribution in [0.2, 0.25) is 0 Å². The lowest BCUT2D eigenvalue weighted by atomic mass is 10.1. The second-order valence-electron chi connectivity index (χ2n) is 9.17. The van der Waals surface area contributed by atoms with E-state index in [0.29, 0.717) is 11.3 Å². The number of aromatic nitrogens is 2. The van der Waals surface area contributed by atoms with E-state index >= 15 is 0 Å². The molecule has 0 bridgehead atoms. The Hall–Kier alpha value is -4.58. The van der Waals surface area contributed by atoms with Gasteiger partial charge in [0, 0.05) is 60.1 Å². The summed E-state index contributed by atoms with van der Waals surface area (Å²) in [6, 6.07) is 17.9. The molecule has 0 atom stereocenters. The minimum atomic E-state index is -5.08. The van der Waals surface area contributed by atoms with Gasteiger partial charge in [-0.15, -0.1) is 0 Å². The third-order valence-electron chi connectivity index (χ3n) is 6.34. The minimum absolute atomic E-state index is 0.0374. The summed E-state index contributed by atoms with van der Waals surface area (Å²) < 4.78 is 37.3. The van der Waals surface area contributed by atoms with Crippen LogP contribution in [0.5, 0.6) is 5.75 Å². The minimum Gasteiger partial charge on any atom is -0.495 e. The molecule has 0 saturated carbocycles. The topological polar surface area (TPSA) is 111 Å². The largest absolute Gasteiger partial charge is 0.495 e. The van der Waals surface area contributed by atoms with Crippen molar-refractivity contribution >= 4 is 34.2 Å². The van der Waals surface area contributed by atoms with Gasteiger partial charge in [0.1, 0.15) is 5.75 Å². The van der Waals surface area contributed by atoms with Crippen LogP contribution in [0.3, 0.4) is 0 Å². The maximum Gasteiger partial charge on any atom is 0.490 e. The first-order chi connectivity index (χ1) is 19.0. The van der Waals surface area contributed by atoms with Crippen molar-refractivity contribution in [3.05, 3.63) is 72.6 Å². The molecule has 1 aliphatic rings. The number of alkyl halides is 3. The summed E-state index contributed by atoms with van der Waals surface area (Å²) in [7, 11) is 3.69. The van der Waals surface area contributed by atoms with Gasteiger partial charge in [0.2, 0.25) is 0 Å². The molecule has 12 heteroatoms. The van der Waals surface area contributed by atoms with Gasteiger partial charge in [-0.3, -0.25) is 9.78 Å². The molecule has 1 fully saturated rings. The molecule has 1 amide bonds. The quantitative estimate of drug-likeness (QED) is 0.318. The molecule has 0 aliphatic carbocycles. The van der Waals surface area contributed by atoms with Gasteiger partial charge in [0.05, 0.1) is 24.7 Å². The van der Waals surface area contributed by atoms with Crippen molar-refractivity contribution in [1.82, 2.24) is 19.8 Å². The molecule has 5 rings (SSSR count). The lowest BCUT2D eigenvalue weighted by molar-refractivity contribution is -0.192. The summed E-state index contributed by atoms with van der Waals surface area (Å²) in [6.07, 6.45) is -1.47. The van der Waals surface area contributed by atoms with Gasteiger partial charge in [-0.25, -0.2) is 4.79 Å². The van der Waals surface area contributed by atoms with Crippen molar-refractivity contribution in [2.75, 3.05) is 45.7 Å². The molecule has 210 valence electrons. The Kier molecular flexibility index (Phi) is 8.58. The van der Waals surface area contributed by atoms with Gasteiger partial charge in [-0.05, 0) is 43.4 Å². The number of para-hydroxylation sites is 1. The Morgan fingerprint density at radius 2 is 1.73 bits per heavy atom. The Morgan fingerprint density at radius 3 is 2.38 bits per heavy atom. The van der Waals surface area contributed by atoms with Gasteiger partial charge in [-0.1, -0.05) is 18.2 Å². The van der Waals surface area contributed by atoms with Gasteiger partial charge in [0.15, 0.2) is 0 Å². The lowest BCUT2D eigenvalue weighted by Crippen LogP contribution is -2.47. The van der Waals surface area contributed by atoms with Gasteiger partial charge in [-0.2, -0.15) is 13.2 Å². The summed E-state index contributed by atoms with van der Waals surface area (Å²) >= 11 is 0. The number of piperazine rings is 1. The number of likely N-dealkylation sites (N-methyl/N-ethyl adjacent to an activating group) is 1. The highest BCUT2D eigenvalue weighted by atomic mass is 19.4. The maximum atomic E-state index is 12.9. The van der Waals surface area contributed by atoms with E-state index in [9.17, 15) is 18.0 Å². The van der Waals surface area contributed by atoms with E-state index in [-0.39, 0.29) is 5.91 Å². The van der Waals surface area contributed by atoms with Crippen LogP contribution in [0, 0.1) is 0 Å². The van der Waals surface area contributed by atoms with Gasteiger partial charge < -0.3 is 29.9 Å². The summed E-state index contributed by atoms with van der Waals surface area (Å²) in [6.45, 7) is 3.26. The van der Waals surface area contributed by atoms with Crippen LogP contribution in [0.1, 0.15) is 10.4 Å². The fourth-order valence-electron chi connectivity index (χ4n) is 4.16. The molecule has 4 aromatic rings. The maximum absolute atomic E-state index is 12.9. The zero-order chi connectivity index (χ0) is 28.9. The van der Waals surface area contributed by atoms with Crippen molar-refractivity contribution in [3.8, 4) is 17.0 Å². The van der Waals surface area contributed by atoms with Crippen LogP contribution in [0.25, 0.3) is 22.2 Å². The van der Waals surface area contributed by atoms with Gasteiger partial charge >= 0.3 is 12.1 Å². The van der Waals surface area contributed by atoms with Crippen molar-refractivity contribution < 1.29 is 32.6 Å². The summed E-state index contributed by atoms with van der Waals surface area (Å²) in [5.41, 5.74) is 5.33. The van der Waals surface area contributed by atoms with E-state index in [1.807, 2.05) is 41.4 Å². The number of rotatable bonds is 5. The number of amides is 1. The second-order valence-corrected chi connectivity index (χ2v) is 9.17. The van der Waals surface area contributed by atoms with Crippen LogP contribution in [-0.4, -0.2) is 83.3 Å². The number of carboxylic acid groups (broad SMARTS) is 1. The Bertz CT molecular complexity index is 1460. The molecule has 2 aromatic carbocycles. The monoisotopic (exact) mass is 555 g/mol. The first-order valence-corrected chi connectivity index (χ1v) is 12.3. The van der Waals surface area contributed by atoms with E-state index < -0.39 is 12.1 Å². The number of benzene rings is 2. The number of fused-ring (bicyclic) bond motifs is 1. The summed E-state index contributed by atoms with van der Waals surface area (Å²) in [5, 5.41) is 11.7. The number of hydrogen-bond donors (Lipinski definition) is 3. The third kappa shape index (κ3) is 6.89. The number of carbonyl (C=O) groups excluding carboxylic acids is 1. The van der Waals surface area contributed by atoms with Crippen LogP contribution < -0.4 is 10.1 Å². The van der Waals surface area contributed by atoms with Crippen molar-refractivity contribution in [1.29, 1.82) is 0 Å². The van der Waals surface area contributed by atoms with E-state index in [1.165, 1.54) is 0 Å². The number of methoxy groups -OCH3 is 1. The van der Waals surface area contributed by atoms with Gasteiger partial charge in [0.25, 0.3) is 5.91 Å². The molecule has 0 spiro atoms. The zero-order valence-corrected chi connectivity index (χ0v) is 21.8. The number of nitrogens with zero attached hydrogens (tertiary/aromatic N) is 3. The van der Waals surface area contributed by atoms with Crippen LogP contribution in [-0.2, 0) is 4.79 Å². The lowest BCUT2D eigenvalue weighted by Gasteiger charge is -2.32. The molecule has 40 heavy (non-hydrogen) atoms. The molecule has 2 aromatic heterocycles. The molecule has 0 unspecified atom stereocenters. The highest BCUT2D eigenvalue weighted by Gasteiger charge is 2.38. The highest BCUT2D eigenvalue weighted by Crippen LogP contribution is 2.31. The number of aromatic amines is 1. The number of hydrogen-bond acceptors (Lipinski definition) is 6. The molecule has 3 N–H and O–H groups in total. The molecule has 3 heterocycles.